The monoisotopic (exact) mass is 273 g/mol. The maximum absolute atomic E-state index is 12.6. The minimum atomic E-state index is -0.178. The van der Waals surface area contributed by atoms with E-state index >= 15 is 0 Å². The summed E-state index contributed by atoms with van der Waals surface area (Å²) in [7, 11) is 0. The van der Waals surface area contributed by atoms with Crippen molar-refractivity contribution >= 4 is 22.5 Å². The minimum Gasteiger partial charge on any atom is -0.288 e. The molecule has 0 radical (unpaired) electrons. The molecule has 0 atom stereocenters. The molecule has 4 rings (SSSR count). The smallest absolute Gasteiger partial charge is 0.212 e. The van der Waals surface area contributed by atoms with E-state index in [1.807, 2.05) is 25.1 Å². The van der Waals surface area contributed by atoms with Crippen LogP contribution in [0.4, 0.5) is 0 Å². The molecular weight excluding hydrogens is 262 g/mol. The standard InChI is InChI=1S/C18H11NO2/c1-10-6-7-15-11(8-10)9-14-16(19-15)18(21)13-5-3-2-4-12(13)17(14)20/h2-9H,1H3. The Labute approximate surface area is 121 Å². The van der Waals surface area contributed by atoms with Crippen molar-refractivity contribution in [1.82, 2.24) is 4.98 Å². The largest absolute Gasteiger partial charge is 0.288 e. The molecule has 3 nitrogen and oxygen atoms in total. The first kappa shape index (κ1) is 12.0. The molecule has 3 aromatic rings. The lowest BCUT2D eigenvalue weighted by atomic mass is 9.86. The third-order valence-corrected chi connectivity index (χ3v) is 3.85. The Kier molecular flexibility index (Phi) is 2.33. The molecule has 0 saturated heterocycles. The summed E-state index contributed by atoms with van der Waals surface area (Å²) in [6, 6.07) is 14.5. The highest BCUT2D eigenvalue weighted by molar-refractivity contribution is 6.28. The van der Waals surface area contributed by atoms with Crippen LogP contribution in [-0.2, 0) is 0 Å². The molecule has 21 heavy (non-hydrogen) atoms. The van der Waals surface area contributed by atoms with Crippen molar-refractivity contribution in [2.24, 2.45) is 0 Å². The Bertz CT molecular complexity index is 941. The van der Waals surface area contributed by atoms with E-state index in [1.165, 1.54) is 0 Å². The van der Waals surface area contributed by atoms with Gasteiger partial charge < -0.3 is 0 Å². The van der Waals surface area contributed by atoms with Crippen LogP contribution in [0.15, 0.2) is 48.5 Å². The molecule has 0 spiro atoms. The van der Waals surface area contributed by atoms with E-state index < -0.39 is 0 Å². The fraction of sp³-hybridized carbons (Fsp3) is 0.0556. The highest BCUT2D eigenvalue weighted by Crippen LogP contribution is 2.28. The highest BCUT2D eigenvalue weighted by Gasteiger charge is 2.30. The van der Waals surface area contributed by atoms with Gasteiger partial charge in [0.25, 0.3) is 0 Å². The Morgan fingerprint density at radius 1 is 0.810 bits per heavy atom. The predicted molar refractivity (Wildman–Crippen MR) is 79.8 cm³/mol. The van der Waals surface area contributed by atoms with E-state index in [2.05, 4.69) is 4.98 Å². The SMILES string of the molecule is Cc1ccc2nc3c(cc2c1)C(=O)c1ccccc1C3=O. The van der Waals surface area contributed by atoms with Gasteiger partial charge in [-0.1, -0.05) is 35.9 Å². The number of carbonyl (C=O) groups is 2. The molecule has 1 aromatic heterocycles. The Morgan fingerprint density at radius 3 is 2.29 bits per heavy atom. The molecule has 3 heteroatoms. The molecule has 0 unspecified atom stereocenters. The molecular formula is C18H11NO2. The van der Waals surface area contributed by atoms with E-state index in [-0.39, 0.29) is 17.3 Å². The average Bonchev–Trinajstić information content (AvgIpc) is 2.51. The van der Waals surface area contributed by atoms with Crippen molar-refractivity contribution in [3.63, 3.8) is 0 Å². The summed E-state index contributed by atoms with van der Waals surface area (Å²) in [5.74, 6) is -0.307. The van der Waals surface area contributed by atoms with Crippen LogP contribution in [0.5, 0.6) is 0 Å². The van der Waals surface area contributed by atoms with Crippen molar-refractivity contribution in [2.75, 3.05) is 0 Å². The molecule has 1 aliphatic rings. The second-order valence-electron chi connectivity index (χ2n) is 5.28. The van der Waals surface area contributed by atoms with Gasteiger partial charge in [0, 0.05) is 16.5 Å². The van der Waals surface area contributed by atoms with Gasteiger partial charge in [-0.25, -0.2) is 4.98 Å². The third-order valence-electron chi connectivity index (χ3n) is 3.85. The van der Waals surface area contributed by atoms with Crippen LogP contribution >= 0.6 is 0 Å². The second-order valence-corrected chi connectivity index (χ2v) is 5.28. The number of fused-ring (bicyclic) bond motifs is 3. The molecule has 1 heterocycles. The number of benzene rings is 2. The lowest BCUT2D eigenvalue weighted by Crippen LogP contribution is -2.22. The normalized spacial score (nSPS) is 13.2. The molecule has 2 aromatic carbocycles. The number of nitrogens with zero attached hydrogens (tertiary/aromatic N) is 1. The molecule has 1 aliphatic carbocycles. The van der Waals surface area contributed by atoms with Crippen LogP contribution in [0.2, 0.25) is 0 Å². The maximum atomic E-state index is 12.6. The van der Waals surface area contributed by atoms with Crippen molar-refractivity contribution < 1.29 is 9.59 Å². The number of hydrogen-bond donors (Lipinski definition) is 0. The molecule has 0 N–H and O–H groups in total. The highest BCUT2D eigenvalue weighted by atomic mass is 16.1. The summed E-state index contributed by atoms with van der Waals surface area (Å²) in [6.45, 7) is 1.99. The number of rotatable bonds is 0. The van der Waals surface area contributed by atoms with Crippen LogP contribution in [0.3, 0.4) is 0 Å². The Morgan fingerprint density at radius 2 is 1.52 bits per heavy atom. The lowest BCUT2D eigenvalue weighted by molar-refractivity contribution is 0.0976. The maximum Gasteiger partial charge on any atom is 0.212 e. The lowest BCUT2D eigenvalue weighted by Gasteiger charge is -2.17. The van der Waals surface area contributed by atoms with Gasteiger partial charge >= 0.3 is 0 Å². The summed E-state index contributed by atoms with van der Waals surface area (Å²) >= 11 is 0. The summed E-state index contributed by atoms with van der Waals surface area (Å²) in [5, 5.41) is 0.884. The predicted octanol–water partition coefficient (Wildman–Crippen LogP) is 3.32. The summed E-state index contributed by atoms with van der Waals surface area (Å²) in [6.07, 6.45) is 0. The molecule has 0 amide bonds. The van der Waals surface area contributed by atoms with Crippen LogP contribution in [0, 0.1) is 6.92 Å². The zero-order valence-corrected chi connectivity index (χ0v) is 11.4. The topological polar surface area (TPSA) is 47.0 Å². The second kappa shape index (κ2) is 4.09. The van der Waals surface area contributed by atoms with Gasteiger partial charge in [0.2, 0.25) is 5.78 Å². The van der Waals surface area contributed by atoms with Gasteiger partial charge in [-0.2, -0.15) is 0 Å². The summed E-state index contributed by atoms with van der Waals surface area (Å²) < 4.78 is 0. The summed E-state index contributed by atoms with van der Waals surface area (Å²) in [4.78, 5) is 29.6. The van der Waals surface area contributed by atoms with Crippen molar-refractivity contribution in [1.29, 1.82) is 0 Å². The number of carbonyl (C=O) groups excluding carboxylic acids is 2. The fourth-order valence-corrected chi connectivity index (χ4v) is 2.79. The van der Waals surface area contributed by atoms with E-state index in [0.717, 1.165) is 16.5 Å². The van der Waals surface area contributed by atoms with E-state index in [0.29, 0.717) is 16.7 Å². The number of aryl methyl sites for hydroxylation is 1. The van der Waals surface area contributed by atoms with Crippen molar-refractivity contribution in [2.45, 2.75) is 6.92 Å². The van der Waals surface area contributed by atoms with E-state index in [9.17, 15) is 9.59 Å². The number of hydrogen-bond acceptors (Lipinski definition) is 3. The van der Waals surface area contributed by atoms with E-state index in [1.54, 1.807) is 30.3 Å². The molecule has 0 fully saturated rings. The average molecular weight is 273 g/mol. The molecule has 0 saturated carbocycles. The van der Waals surface area contributed by atoms with E-state index in [4.69, 9.17) is 0 Å². The molecule has 0 aliphatic heterocycles. The first-order chi connectivity index (χ1) is 10.1. The quantitative estimate of drug-likeness (QED) is 0.494. The zero-order valence-electron chi connectivity index (χ0n) is 11.4. The molecule has 100 valence electrons. The van der Waals surface area contributed by atoms with Gasteiger partial charge in [0.15, 0.2) is 5.78 Å². The first-order valence-electron chi connectivity index (χ1n) is 6.75. The van der Waals surface area contributed by atoms with Crippen molar-refractivity contribution in [3.05, 3.63) is 76.5 Å². The minimum absolute atomic E-state index is 0.129. The van der Waals surface area contributed by atoms with Crippen LogP contribution in [0.25, 0.3) is 10.9 Å². The fourth-order valence-electron chi connectivity index (χ4n) is 2.79. The first-order valence-corrected chi connectivity index (χ1v) is 6.75. The molecule has 0 bridgehead atoms. The summed E-state index contributed by atoms with van der Waals surface area (Å²) in [5.41, 5.74) is 3.39. The van der Waals surface area contributed by atoms with Gasteiger partial charge in [-0.05, 0) is 25.1 Å². The third kappa shape index (κ3) is 1.64. The number of ketones is 2. The van der Waals surface area contributed by atoms with Crippen molar-refractivity contribution in [3.8, 4) is 0 Å². The van der Waals surface area contributed by atoms with Crippen LogP contribution in [-0.4, -0.2) is 16.6 Å². The van der Waals surface area contributed by atoms with Gasteiger partial charge in [0.05, 0.1) is 11.1 Å². The Hall–Kier alpha value is -2.81. The van der Waals surface area contributed by atoms with Crippen LogP contribution < -0.4 is 0 Å². The van der Waals surface area contributed by atoms with Gasteiger partial charge in [-0.15, -0.1) is 0 Å². The zero-order chi connectivity index (χ0) is 14.6. The number of aromatic nitrogens is 1. The van der Waals surface area contributed by atoms with Crippen LogP contribution in [0.1, 0.15) is 37.5 Å². The Balaban J connectivity index is 2.06. The van der Waals surface area contributed by atoms with Gasteiger partial charge in [-0.3, -0.25) is 9.59 Å². The van der Waals surface area contributed by atoms with Gasteiger partial charge in [0.1, 0.15) is 5.69 Å². The number of pyridine rings is 1.